The zero-order valence-electron chi connectivity index (χ0n) is 26.5. The summed E-state index contributed by atoms with van der Waals surface area (Å²) in [7, 11) is 0. The Morgan fingerprint density at radius 3 is 1.90 bits per heavy atom. The number of nitrogens with zero attached hydrogens (tertiary/aromatic N) is 2. The van der Waals surface area contributed by atoms with Gasteiger partial charge < -0.3 is 13.6 Å². The molecule has 0 amide bonds. The first kappa shape index (κ1) is 26.5. The van der Waals surface area contributed by atoms with E-state index in [0.29, 0.717) is 0 Å². The van der Waals surface area contributed by atoms with Crippen molar-refractivity contribution in [2.24, 2.45) is 0 Å². The fraction of sp³-hybridized carbons (Fsp3) is 0. The number of aromatic nitrogens is 2. The van der Waals surface area contributed by atoms with Crippen LogP contribution in [0.15, 0.2) is 174 Å². The standard InChI is InChI=1S/C46H28N2O/c1-2-12-33(13-3-1)48-41-25-24-37-36-15-7-9-17-44(36)49-46(37)45(41)39-27-38-35-14-6-8-16-40(35)47(42(38)28-43(39)48)34-22-20-30(21-23-34)32-19-18-29-10-4-5-11-31(29)26-32/h1-28H. The molecule has 0 unspecified atom stereocenters. The van der Waals surface area contributed by atoms with E-state index >= 15 is 0 Å². The van der Waals surface area contributed by atoms with Gasteiger partial charge in [-0.3, -0.25) is 0 Å². The summed E-state index contributed by atoms with van der Waals surface area (Å²) in [5.41, 5.74) is 11.2. The molecule has 49 heavy (non-hydrogen) atoms. The van der Waals surface area contributed by atoms with E-state index < -0.39 is 0 Å². The molecule has 0 N–H and O–H groups in total. The summed E-state index contributed by atoms with van der Waals surface area (Å²) in [6, 6.07) is 61.3. The van der Waals surface area contributed by atoms with Crippen LogP contribution in [0.3, 0.4) is 0 Å². The van der Waals surface area contributed by atoms with E-state index in [4.69, 9.17) is 4.42 Å². The minimum absolute atomic E-state index is 0.912. The number of hydrogen-bond acceptors (Lipinski definition) is 1. The van der Waals surface area contributed by atoms with Gasteiger partial charge in [0.2, 0.25) is 0 Å². The summed E-state index contributed by atoms with van der Waals surface area (Å²) < 4.78 is 11.5. The molecule has 0 spiro atoms. The first-order valence-corrected chi connectivity index (χ1v) is 16.8. The third-order valence-corrected chi connectivity index (χ3v) is 10.3. The Morgan fingerprint density at radius 2 is 1.02 bits per heavy atom. The van der Waals surface area contributed by atoms with Gasteiger partial charge in [0, 0.05) is 38.3 Å². The van der Waals surface area contributed by atoms with Crippen molar-refractivity contribution in [3.8, 4) is 22.5 Å². The van der Waals surface area contributed by atoms with Crippen molar-refractivity contribution in [1.29, 1.82) is 0 Å². The van der Waals surface area contributed by atoms with Gasteiger partial charge in [-0.25, -0.2) is 0 Å². The van der Waals surface area contributed by atoms with Crippen LogP contribution in [-0.2, 0) is 0 Å². The Labute approximate surface area is 281 Å². The van der Waals surface area contributed by atoms with Crippen LogP contribution in [0.2, 0.25) is 0 Å². The van der Waals surface area contributed by atoms with Crippen molar-refractivity contribution in [2.75, 3.05) is 0 Å². The summed E-state index contributed by atoms with van der Waals surface area (Å²) in [5.74, 6) is 0. The molecular weight excluding hydrogens is 597 g/mol. The molecule has 3 aromatic heterocycles. The van der Waals surface area contributed by atoms with Gasteiger partial charge in [-0.1, -0.05) is 103 Å². The molecule has 0 aliphatic carbocycles. The molecule has 0 bridgehead atoms. The van der Waals surface area contributed by atoms with Gasteiger partial charge in [-0.15, -0.1) is 0 Å². The van der Waals surface area contributed by atoms with Crippen molar-refractivity contribution < 1.29 is 4.42 Å². The molecule has 8 aromatic carbocycles. The van der Waals surface area contributed by atoms with Crippen LogP contribution in [0.25, 0.3) is 98.8 Å². The highest BCUT2D eigenvalue weighted by molar-refractivity contribution is 6.26. The smallest absolute Gasteiger partial charge is 0.145 e. The van der Waals surface area contributed by atoms with E-state index in [1.54, 1.807) is 0 Å². The lowest BCUT2D eigenvalue weighted by Crippen LogP contribution is -1.95. The van der Waals surface area contributed by atoms with E-state index in [-0.39, 0.29) is 0 Å². The Morgan fingerprint density at radius 1 is 0.347 bits per heavy atom. The predicted octanol–water partition coefficient (Wildman–Crippen LogP) is 12.6. The molecule has 0 saturated carbocycles. The summed E-state index contributed by atoms with van der Waals surface area (Å²) in [6.45, 7) is 0. The summed E-state index contributed by atoms with van der Waals surface area (Å²) in [4.78, 5) is 0. The molecule has 3 heterocycles. The zero-order valence-corrected chi connectivity index (χ0v) is 26.5. The number of benzene rings is 8. The van der Waals surface area contributed by atoms with Crippen LogP contribution in [0, 0.1) is 0 Å². The van der Waals surface area contributed by atoms with Crippen LogP contribution < -0.4 is 0 Å². The minimum Gasteiger partial charge on any atom is -0.455 e. The second kappa shape index (κ2) is 9.96. The molecule has 3 nitrogen and oxygen atoms in total. The van der Waals surface area contributed by atoms with Crippen molar-refractivity contribution in [3.63, 3.8) is 0 Å². The number of fused-ring (bicyclic) bond motifs is 11. The first-order chi connectivity index (χ1) is 24.3. The predicted molar refractivity (Wildman–Crippen MR) is 205 cm³/mol. The van der Waals surface area contributed by atoms with Crippen LogP contribution in [0.4, 0.5) is 0 Å². The third-order valence-electron chi connectivity index (χ3n) is 10.3. The average molecular weight is 625 g/mol. The largest absolute Gasteiger partial charge is 0.455 e. The van der Waals surface area contributed by atoms with Crippen LogP contribution in [0.5, 0.6) is 0 Å². The molecule has 0 aliphatic rings. The van der Waals surface area contributed by atoms with E-state index in [1.165, 1.54) is 49.1 Å². The highest BCUT2D eigenvalue weighted by Crippen LogP contribution is 2.43. The van der Waals surface area contributed by atoms with Crippen LogP contribution >= 0.6 is 0 Å². The zero-order chi connectivity index (χ0) is 32.1. The summed E-state index contributed by atoms with van der Waals surface area (Å²) >= 11 is 0. The fourth-order valence-electron chi connectivity index (χ4n) is 8.05. The second-order valence-corrected chi connectivity index (χ2v) is 13.0. The van der Waals surface area contributed by atoms with Crippen LogP contribution in [-0.4, -0.2) is 9.13 Å². The van der Waals surface area contributed by atoms with Crippen molar-refractivity contribution in [1.82, 2.24) is 9.13 Å². The van der Waals surface area contributed by atoms with Gasteiger partial charge in [0.15, 0.2) is 0 Å². The summed E-state index contributed by atoms with van der Waals surface area (Å²) in [6.07, 6.45) is 0. The lowest BCUT2D eigenvalue weighted by atomic mass is 10.0. The lowest BCUT2D eigenvalue weighted by Gasteiger charge is -2.11. The van der Waals surface area contributed by atoms with E-state index in [2.05, 4.69) is 173 Å². The molecule has 3 heteroatoms. The number of rotatable bonds is 3. The Hall–Kier alpha value is -6.58. The SMILES string of the molecule is c1ccc(-n2c3cc4c(cc3c3c5oc6ccccc6c5ccc32)c2ccccc2n4-c2ccc(-c3ccc4ccccc4c3)cc2)cc1. The van der Waals surface area contributed by atoms with Gasteiger partial charge in [0.25, 0.3) is 0 Å². The maximum absolute atomic E-state index is 6.65. The Bertz CT molecular complexity index is 3090. The van der Waals surface area contributed by atoms with Crippen molar-refractivity contribution in [2.45, 2.75) is 0 Å². The van der Waals surface area contributed by atoms with E-state index in [9.17, 15) is 0 Å². The number of furan rings is 1. The molecule has 228 valence electrons. The first-order valence-electron chi connectivity index (χ1n) is 16.8. The van der Waals surface area contributed by atoms with Crippen LogP contribution in [0.1, 0.15) is 0 Å². The van der Waals surface area contributed by atoms with E-state index in [1.807, 2.05) is 6.07 Å². The molecule has 11 rings (SSSR count). The maximum atomic E-state index is 6.65. The quantitative estimate of drug-likeness (QED) is 0.192. The highest BCUT2D eigenvalue weighted by atomic mass is 16.3. The Balaban J connectivity index is 1.20. The molecule has 0 saturated heterocycles. The van der Waals surface area contributed by atoms with Gasteiger partial charge in [-0.05, 0) is 88.6 Å². The number of para-hydroxylation sites is 3. The van der Waals surface area contributed by atoms with Gasteiger partial charge in [0.05, 0.1) is 27.5 Å². The van der Waals surface area contributed by atoms with Crippen molar-refractivity contribution >= 4 is 76.3 Å². The van der Waals surface area contributed by atoms with Gasteiger partial charge >= 0.3 is 0 Å². The molecule has 0 fully saturated rings. The molecule has 11 aromatic rings. The Kier molecular flexibility index (Phi) is 5.38. The molecule has 0 aliphatic heterocycles. The fourth-order valence-corrected chi connectivity index (χ4v) is 8.05. The molecule has 0 radical (unpaired) electrons. The second-order valence-electron chi connectivity index (χ2n) is 13.0. The monoisotopic (exact) mass is 624 g/mol. The van der Waals surface area contributed by atoms with E-state index in [0.717, 1.165) is 49.7 Å². The topological polar surface area (TPSA) is 23.0 Å². The lowest BCUT2D eigenvalue weighted by molar-refractivity contribution is 0.673. The van der Waals surface area contributed by atoms with Gasteiger partial charge in [-0.2, -0.15) is 0 Å². The molecular formula is C46H28N2O. The third kappa shape index (κ3) is 3.78. The minimum atomic E-state index is 0.912. The van der Waals surface area contributed by atoms with Crippen molar-refractivity contribution in [3.05, 3.63) is 170 Å². The molecule has 0 atom stereocenters. The highest BCUT2D eigenvalue weighted by Gasteiger charge is 2.22. The average Bonchev–Trinajstić information content (AvgIpc) is 3.81. The normalized spacial score (nSPS) is 12.1. The van der Waals surface area contributed by atoms with Gasteiger partial charge in [0.1, 0.15) is 11.2 Å². The number of hydrogen-bond donors (Lipinski definition) is 0. The maximum Gasteiger partial charge on any atom is 0.145 e. The summed E-state index contributed by atoms with van der Waals surface area (Å²) in [5, 5.41) is 9.58.